The summed E-state index contributed by atoms with van der Waals surface area (Å²) in [5.41, 5.74) is 0.719. The summed E-state index contributed by atoms with van der Waals surface area (Å²) in [4.78, 5) is 3.93. The summed E-state index contributed by atoms with van der Waals surface area (Å²) in [6, 6.07) is 7.30. The Morgan fingerprint density at radius 1 is 1.31 bits per heavy atom. The van der Waals surface area contributed by atoms with Gasteiger partial charge in [0.15, 0.2) is 0 Å². The lowest BCUT2D eigenvalue weighted by molar-refractivity contribution is 0.456. The molecule has 0 radical (unpaired) electrons. The standard InChI is InChI=1S/C9H5BrClNO/c10-6-2-1-5-3-7(11)9(13)12-8(5)4-6/h1-4H,(H,12,13). The van der Waals surface area contributed by atoms with Gasteiger partial charge in [-0.15, -0.1) is 0 Å². The zero-order chi connectivity index (χ0) is 9.42. The van der Waals surface area contributed by atoms with Gasteiger partial charge in [0.1, 0.15) is 5.02 Å². The average Bonchev–Trinajstić information content (AvgIpc) is 2.08. The van der Waals surface area contributed by atoms with Crippen molar-refractivity contribution in [1.82, 2.24) is 4.98 Å². The first-order valence-corrected chi connectivity index (χ1v) is 4.79. The Morgan fingerprint density at radius 3 is 2.85 bits per heavy atom. The Balaban J connectivity index is 2.81. The third-order valence-electron chi connectivity index (χ3n) is 1.71. The van der Waals surface area contributed by atoms with E-state index in [1.807, 2.05) is 18.2 Å². The minimum atomic E-state index is -0.132. The lowest BCUT2D eigenvalue weighted by Crippen LogP contribution is -1.80. The van der Waals surface area contributed by atoms with Gasteiger partial charge in [0.2, 0.25) is 5.88 Å². The fourth-order valence-electron chi connectivity index (χ4n) is 1.10. The zero-order valence-electron chi connectivity index (χ0n) is 6.46. The molecule has 1 heterocycles. The maximum Gasteiger partial charge on any atom is 0.230 e. The molecule has 0 aliphatic heterocycles. The second-order valence-electron chi connectivity index (χ2n) is 2.63. The predicted molar refractivity (Wildman–Crippen MR) is 56.1 cm³/mol. The fourth-order valence-corrected chi connectivity index (χ4v) is 1.61. The van der Waals surface area contributed by atoms with Crippen LogP contribution in [-0.2, 0) is 0 Å². The second kappa shape index (κ2) is 3.16. The summed E-state index contributed by atoms with van der Waals surface area (Å²) >= 11 is 9.02. The molecule has 0 fully saturated rings. The molecule has 0 saturated carbocycles. The highest BCUT2D eigenvalue weighted by atomic mass is 79.9. The summed E-state index contributed by atoms with van der Waals surface area (Å²) in [7, 11) is 0. The van der Waals surface area contributed by atoms with E-state index in [2.05, 4.69) is 20.9 Å². The number of fused-ring (bicyclic) bond motifs is 1. The average molecular weight is 259 g/mol. The minimum Gasteiger partial charge on any atom is -0.492 e. The molecule has 1 N–H and O–H groups in total. The summed E-state index contributed by atoms with van der Waals surface area (Å²) < 4.78 is 0.925. The molecule has 0 aliphatic rings. The molecule has 0 aliphatic carbocycles. The molecular weight excluding hydrogens is 253 g/mol. The van der Waals surface area contributed by atoms with E-state index >= 15 is 0 Å². The molecule has 4 heteroatoms. The molecule has 0 spiro atoms. The summed E-state index contributed by atoms with van der Waals surface area (Å²) in [5.74, 6) is -0.132. The second-order valence-corrected chi connectivity index (χ2v) is 3.95. The molecule has 2 nitrogen and oxygen atoms in total. The van der Waals surface area contributed by atoms with Crippen molar-refractivity contribution in [3.8, 4) is 5.88 Å². The van der Waals surface area contributed by atoms with Crippen LogP contribution in [0.5, 0.6) is 5.88 Å². The smallest absolute Gasteiger partial charge is 0.230 e. The van der Waals surface area contributed by atoms with Crippen molar-refractivity contribution in [2.45, 2.75) is 0 Å². The number of nitrogens with zero attached hydrogens (tertiary/aromatic N) is 1. The normalized spacial score (nSPS) is 10.6. The number of halogens is 2. The molecule has 2 rings (SSSR count). The number of rotatable bonds is 0. The highest BCUT2D eigenvalue weighted by Crippen LogP contribution is 2.26. The van der Waals surface area contributed by atoms with Crippen LogP contribution >= 0.6 is 27.5 Å². The van der Waals surface area contributed by atoms with E-state index in [9.17, 15) is 5.11 Å². The Bertz CT molecular complexity index is 472. The summed E-state index contributed by atoms with van der Waals surface area (Å²) in [6.45, 7) is 0. The number of benzene rings is 1. The van der Waals surface area contributed by atoms with E-state index in [0.717, 1.165) is 15.4 Å². The van der Waals surface area contributed by atoms with Gasteiger partial charge in [-0.1, -0.05) is 33.6 Å². The summed E-state index contributed by atoms with van der Waals surface area (Å²) in [6.07, 6.45) is 0. The molecule has 1 aromatic carbocycles. The monoisotopic (exact) mass is 257 g/mol. The van der Waals surface area contributed by atoms with Crippen molar-refractivity contribution in [3.05, 3.63) is 33.8 Å². The van der Waals surface area contributed by atoms with Crippen molar-refractivity contribution in [2.24, 2.45) is 0 Å². The van der Waals surface area contributed by atoms with Crippen LogP contribution in [0, 0.1) is 0 Å². The number of aromatic hydroxyl groups is 1. The van der Waals surface area contributed by atoms with Crippen LogP contribution in [-0.4, -0.2) is 10.1 Å². The first-order chi connectivity index (χ1) is 6.16. The number of hydrogen-bond acceptors (Lipinski definition) is 2. The number of pyridine rings is 1. The highest BCUT2D eigenvalue weighted by molar-refractivity contribution is 9.10. The molecular formula is C9H5BrClNO. The number of aromatic nitrogens is 1. The third-order valence-corrected chi connectivity index (χ3v) is 2.49. The first-order valence-electron chi connectivity index (χ1n) is 3.61. The molecule has 0 bridgehead atoms. The summed E-state index contributed by atoms with van der Waals surface area (Å²) in [5, 5.41) is 10.4. The van der Waals surface area contributed by atoms with Crippen LogP contribution in [0.25, 0.3) is 10.9 Å². The maximum atomic E-state index is 9.25. The van der Waals surface area contributed by atoms with Crippen LogP contribution in [0.4, 0.5) is 0 Å². The van der Waals surface area contributed by atoms with Crippen molar-refractivity contribution in [1.29, 1.82) is 0 Å². The van der Waals surface area contributed by atoms with E-state index in [0.29, 0.717) is 0 Å². The Hall–Kier alpha value is -0.800. The van der Waals surface area contributed by atoms with E-state index in [1.54, 1.807) is 6.07 Å². The SMILES string of the molecule is Oc1nc2cc(Br)ccc2cc1Cl. The minimum absolute atomic E-state index is 0.132. The Kier molecular flexibility index (Phi) is 2.14. The molecule has 1 aromatic heterocycles. The van der Waals surface area contributed by atoms with Gasteiger partial charge in [0, 0.05) is 9.86 Å². The fraction of sp³-hybridized carbons (Fsp3) is 0. The maximum absolute atomic E-state index is 9.25. The molecule has 0 unspecified atom stereocenters. The third kappa shape index (κ3) is 1.62. The van der Waals surface area contributed by atoms with Crippen molar-refractivity contribution in [3.63, 3.8) is 0 Å². The van der Waals surface area contributed by atoms with Crippen LogP contribution < -0.4 is 0 Å². The first kappa shape index (κ1) is 8.78. The van der Waals surface area contributed by atoms with Gasteiger partial charge in [0.05, 0.1) is 5.52 Å². The van der Waals surface area contributed by atoms with Crippen molar-refractivity contribution in [2.75, 3.05) is 0 Å². The molecule has 0 saturated heterocycles. The zero-order valence-corrected chi connectivity index (χ0v) is 8.80. The van der Waals surface area contributed by atoms with Gasteiger partial charge in [-0.2, -0.15) is 0 Å². The van der Waals surface area contributed by atoms with Gasteiger partial charge < -0.3 is 5.11 Å². The molecule has 13 heavy (non-hydrogen) atoms. The lowest BCUT2D eigenvalue weighted by Gasteiger charge is -2.00. The van der Waals surface area contributed by atoms with E-state index in [1.165, 1.54) is 0 Å². The lowest BCUT2D eigenvalue weighted by atomic mass is 10.2. The van der Waals surface area contributed by atoms with Gasteiger partial charge in [-0.05, 0) is 18.2 Å². The molecule has 0 atom stereocenters. The molecule has 2 aromatic rings. The van der Waals surface area contributed by atoms with Gasteiger partial charge >= 0.3 is 0 Å². The quantitative estimate of drug-likeness (QED) is 0.786. The van der Waals surface area contributed by atoms with E-state index in [-0.39, 0.29) is 10.9 Å². The van der Waals surface area contributed by atoms with E-state index in [4.69, 9.17) is 11.6 Å². The van der Waals surface area contributed by atoms with Crippen molar-refractivity contribution < 1.29 is 5.11 Å². The van der Waals surface area contributed by atoms with Crippen LogP contribution in [0.2, 0.25) is 5.02 Å². The number of hydrogen-bond donors (Lipinski definition) is 1. The largest absolute Gasteiger partial charge is 0.492 e. The van der Waals surface area contributed by atoms with Gasteiger partial charge in [0.25, 0.3) is 0 Å². The molecule has 66 valence electrons. The van der Waals surface area contributed by atoms with Crippen LogP contribution in [0.3, 0.4) is 0 Å². The highest BCUT2D eigenvalue weighted by Gasteiger charge is 2.02. The topological polar surface area (TPSA) is 33.1 Å². The van der Waals surface area contributed by atoms with Crippen LogP contribution in [0.1, 0.15) is 0 Å². The van der Waals surface area contributed by atoms with Crippen LogP contribution in [0.15, 0.2) is 28.7 Å². The predicted octanol–water partition coefficient (Wildman–Crippen LogP) is 3.36. The van der Waals surface area contributed by atoms with E-state index < -0.39 is 0 Å². The van der Waals surface area contributed by atoms with Crippen molar-refractivity contribution >= 4 is 38.4 Å². The van der Waals surface area contributed by atoms with Gasteiger partial charge in [-0.25, -0.2) is 4.98 Å². The van der Waals surface area contributed by atoms with Gasteiger partial charge in [-0.3, -0.25) is 0 Å². The Morgan fingerprint density at radius 2 is 2.08 bits per heavy atom. The molecule has 0 amide bonds. The Labute approximate surface area is 88.3 Å².